The largest absolute Gasteiger partial charge is 0.357 e. The van der Waals surface area contributed by atoms with Gasteiger partial charge in [0, 0.05) is 23.8 Å². The van der Waals surface area contributed by atoms with E-state index in [4.69, 9.17) is 0 Å². The van der Waals surface area contributed by atoms with Crippen molar-refractivity contribution >= 4 is 10.9 Å². The van der Waals surface area contributed by atoms with E-state index in [9.17, 15) is 0 Å². The Hall–Kier alpha value is -1.28. The van der Waals surface area contributed by atoms with Crippen LogP contribution < -0.4 is 5.32 Å². The van der Waals surface area contributed by atoms with E-state index < -0.39 is 0 Å². The zero-order valence-electron chi connectivity index (χ0n) is 9.72. The van der Waals surface area contributed by atoms with Gasteiger partial charge in [0.15, 0.2) is 0 Å². The van der Waals surface area contributed by atoms with Crippen molar-refractivity contribution < 1.29 is 0 Å². The molecule has 1 aliphatic carbocycles. The molecule has 1 aromatic heterocycles. The number of aryl methyl sites for hydroxylation is 1. The third kappa shape index (κ3) is 1.85. The van der Waals surface area contributed by atoms with Crippen LogP contribution in [0.5, 0.6) is 0 Å². The van der Waals surface area contributed by atoms with Gasteiger partial charge in [0.05, 0.1) is 0 Å². The topological polar surface area (TPSA) is 27.8 Å². The number of fused-ring (bicyclic) bond motifs is 1. The Labute approximate surface area is 96.1 Å². The van der Waals surface area contributed by atoms with Gasteiger partial charge in [-0.3, -0.25) is 0 Å². The lowest BCUT2D eigenvalue weighted by atomic mass is 9.93. The standard InChI is InChI=1S/C14H18N2/c1-10-5-6-14-11(7-10)8-13(16-14)9-15-12-3-2-4-12/h5-8,12,15-16H,2-4,9H2,1H3. The second-order valence-electron chi connectivity index (χ2n) is 4.89. The summed E-state index contributed by atoms with van der Waals surface area (Å²) < 4.78 is 0. The highest BCUT2D eigenvalue weighted by molar-refractivity contribution is 5.81. The molecular weight excluding hydrogens is 196 g/mol. The number of hydrogen-bond donors (Lipinski definition) is 2. The molecule has 1 fully saturated rings. The summed E-state index contributed by atoms with van der Waals surface area (Å²) in [6.45, 7) is 3.11. The Morgan fingerprint density at radius 2 is 2.19 bits per heavy atom. The molecule has 1 aliphatic rings. The Kier molecular flexibility index (Phi) is 2.44. The summed E-state index contributed by atoms with van der Waals surface area (Å²) in [4.78, 5) is 3.46. The van der Waals surface area contributed by atoms with Crippen molar-refractivity contribution in [3.05, 3.63) is 35.5 Å². The van der Waals surface area contributed by atoms with E-state index in [0.29, 0.717) is 0 Å². The molecule has 0 amide bonds. The molecule has 2 aromatic rings. The van der Waals surface area contributed by atoms with Gasteiger partial charge in [0.1, 0.15) is 0 Å². The summed E-state index contributed by atoms with van der Waals surface area (Å²) >= 11 is 0. The Morgan fingerprint density at radius 1 is 1.31 bits per heavy atom. The summed E-state index contributed by atoms with van der Waals surface area (Å²) in [7, 11) is 0. The van der Waals surface area contributed by atoms with Crippen LogP contribution in [0.1, 0.15) is 30.5 Å². The zero-order chi connectivity index (χ0) is 11.0. The molecule has 3 rings (SSSR count). The lowest BCUT2D eigenvalue weighted by Crippen LogP contribution is -2.34. The number of hydrogen-bond acceptors (Lipinski definition) is 1. The Bertz CT molecular complexity index is 494. The average molecular weight is 214 g/mol. The fourth-order valence-electron chi connectivity index (χ4n) is 2.27. The van der Waals surface area contributed by atoms with Gasteiger partial charge in [-0.05, 0) is 43.4 Å². The summed E-state index contributed by atoms with van der Waals surface area (Å²) in [6.07, 6.45) is 4.09. The van der Waals surface area contributed by atoms with Crippen LogP contribution >= 0.6 is 0 Å². The molecule has 2 nitrogen and oxygen atoms in total. The first-order chi connectivity index (χ1) is 7.81. The lowest BCUT2D eigenvalue weighted by molar-refractivity contribution is 0.337. The molecular formula is C14H18N2. The number of nitrogens with one attached hydrogen (secondary N) is 2. The molecule has 0 bridgehead atoms. The van der Waals surface area contributed by atoms with E-state index in [2.05, 4.69) is 41.5 Å². The second-order valence-corrected chi connectivity index (χ2v) is 4.89. The molecule has 2 N–H and O–H groups in total. The van der Waals surface area contributed by atoms with Crippen LogP contribution in [0.2, 0.25) is 0 Å². The van der Waals surface area contributed by atoms with E-state index in [1.807, 2.05) is 0 Å². The highest BCUT2D eigenvalue weighted by Crippen LogP contribution is 2.20. The van der Waals surface area contributed by atoms with Crippen molar-refractivity contribution in [1.82, 2.24) is 10.3 Å². The smallest absolute Gasteiger partial charge is 0.0456 e. The quantitative estimate of drug-likeness (QED) is 0.807. The molecule has 0 saturated heterocycles. The molecule has 0 aliphatic heterocycles. The predicted octanol–water partition coefficient (Wildman–Crippen LogP) is 3.12. The molecule has 0 spiro atoms. The molecule has 0 unspecified atom stereocenters. The Morgan fingerprint density at radius 3 is 2.94 bits per heavy atom. The molecule has 1 saturated carbocycles. The van der Waals surface area contributed by atoms with Gasteiger partial charge in [-0.2, -0.15) is 0 Å². The average Bonchev–Trinajstić information content (AvgIpc) is 2.57. The SMILES string of the molecule is Cc1ccc2[nH]c(CNC3CCC3)cc2c1. The minimum atomic E-state index is 0.758. The van der Waals surface area contributed by atoms with E-state index in [1.54, 1.807) is 0 Å². The maximum Gasteiger partial charge on any atom is 0.0456 e. The minimum Gasteiger partial charge on any atom is -0.357 e. The third-order valence-corrected chi connectivity index (χ3v) is 3.52. The van der Waals surface area contributed by atoms with E-state index in [0.717, 1.165) is 12.6 Å². The highest BCUT2D eigenvalue weighted by Gasteiger charge is 2.16. The number of H-pyrrole nitrogens is 1. The first-order valence-electron chi connectivity index (χ1n) is 6.13. The maximum absolute atomic E-state index is 3.58. The minimum absolute atomic E-state index is 0.758. The monoisotopic (exact) mass is 214 g/mol. The summed E-state index contributed by atoms with van der Waals surface area (Å²) in [6, 6.07) is 9.57. The van der Waals surface area contributed by atoms with Gasteiger partial charge in [0.25, 0.3) is 0 Å². The normalized spacial score (nSPS) is 16.6. The van der Waals surface area contributed by atoms with Crippen LogP contribution in [-0.2, 0) is 6.54 Å². The van der Waals surface area contributed by atoms with Crippen molar-refractivity contribution in [3.63, 3.8) is 0 Å². The van der Waals surface area contributed by atoms with E-state index in [1.165, 1.54) is 41.4 Å². The van der Waals surface area contributed by atoms with Crippen molar-refractivity contribution in [2.45, 2.75) is 38.8 Å². The number of rotatable bonds is 3. The van der Waals surface area contributed by atoms with Gasteiger partial charge in [-0.1, -0.05) is 18.1 Å². The summed E-state index contributed by atoms with van der Waals surface area (Å²) in [5.74, 6) is 0. The Balaban J connectivity index is 1.76. The maximum atomic E-state index is 3.58. The molecule has 0 atom stereocenters. The van der Waals surface area contributed by atoms with Gasteiger partial charge in [-0.25, -0.2) is 0 Å². The first-order valence-corrected chi connectivity index (χ1v) is 6.13. The van der Waals surface area contributed by atoms with Crippen molar-refractivity contribution in [2.24, 2.45) is 0 Å². The van der Waals surface area contributed by atoms with Crippen molar-refractivity contribution in [3.8, 4) is 0 Å². The van der Waals surface area contributed by atoms with Gasteiger partial charge in [-0.15, -0.1) is 0 Å². The number of aromatic nitrogens is 1. The molecule has 16 heavy (non-hydrogen) atoms. The van der Waals surface area contributed by atoms with Crippen LogP contribution in [0.25, 0.3) is 10.9 Å². The molecule has 1 heterocycles. The van der Waals surface area contributed by atoms with Crippen LogP contribution in [0.3, 0.4) is 0 Å². The first kappa shape index (κ1) is 9.91. The molecule has 84 valence electrons. The lowest BCUT2D eigenvalue weighted by Gasteiger charge is -2.26. The fourth-order valence-corrected chi connectivity index (χ4v) is 2.27. The van der Waals surface area contributed by atoms with Crippen molar-refractivity contribution in [1.29, 1.82) is 0 Å². The van der Waals surface area contributed by atoms with Crippen LogP contribution in [0.4, 0.5) is 0 Å². The van der Waals surface area contributed by atoms with Gasteiger partial charge in [0.2, 0.25) is 0 Å². The van der Waals surface area contributed by atoms with Crippen LogP contribution in [-0.4, -0.2) is 11.0 Å². The predicted molar refractivity (Wildman–Crippen MR) is 67.5 cm³/mol. The molecule has 2 heteroatoms. The molecule has 0 radical (unpaired) electrons. The zero-order valence-corrected chi connectivity index (χ0v) is 9.72. The second kappa shape index (κ2) is 3.95. The van der Waals surface area contributed by atoms with Crippen LogP contribution in [0.15, 0.2) is 24.3 Å². The van der Waals surface area contributed by atoms with Gasteiger partial charge >= 0.3 is 0 Å². The summed E-state index contributed by atoms with van der Waals surface area (Å²) in [5, 5.41) is 4.90. The fraction of sp³-hybridized carbons (Fsp3) is 0.429. The van der Waals surface area contributed by atoms with E-state index >= 15 is 0 Å². The number of aromatic amines is 1. The van der Waals surface area contributed by atoms with Crippen LogP contribution in [0, 0.1) is 6.92 Å². The number of benzene rings is 1. The van der Waals surface area contributed by atoms with Crippen molar-refractivity contribution in [2.75, 3.05) is 0 Å². The van der Waals surface area contributed by atoms with E-state index in [-0.39, 0.29) is 0 Å². The third-order valence-electron chi connectivity index (χ3n) is 3.52. The molecule has 1 aromatic carbocycles. The highest BCUT2D eigenvalue weighted by atomic mass is 14.9. The summed E-state index contributed by atoms with van der Waals surface area (Å²) in [5.41, 5.74) is 3.87. The van der Waals surface area contributed by atoms with Gasteiger partial charge < -0.3 is 10.3 Å².